The minimum absolute atomic E-state index is 0.00541. The third-order valence-electron chi connectivity index (χ3n) is 4.33. The molecule has 2 aromatic rings. The van der Waals surface area contributed by atoms with E-state index < -0.39 is 0 Å². The van der Waals surface area contributed by atoms with Gasteiger partial charge in [0, 0.05) is 24.3 Å². The monoisotopic (exact) mass is 352 g/mol. The zero-order valence-corrected chi connectivity index (χ0v) is 15.1. The molecule has 0 saturated carbocycles. The van der Waals surface area contributed by atoms with Crippen LogP contribution in [0.1, 0.15) is 29.8 Å². The van der Waals surface area contributed by atoms with Crippen molar-refractivity contribution in [2.45, 2.75) is 32.5 Å². The minimum atomic E-state index is -0.0777. The number of nitrogens with zero attached hydrogens (tertiary/aromatic N) is 1. The Morgan fingerprint density at radius 3 is 2.23 bits per heavy atom. The van der Waals surface area contributed by atoms with Gasteiger partial charge in [0.2, 0.25) is 5.91 Å². The maximum Gasteiger partial charge on any atom is 0.254 e. The molecule has 0 bridgehead atoms. The van der Waals surface area contributed by atoms with Gasteiger partial charge in [-0.3, -0.25) is 9.59 Å². The summed E-state index contributed by atoms with van der Waals surface area (Å²) in [5, 5.41) is 2.87. The maximum atomic E-state index is 12.6. The topological polar surface area (TPSA) is 58.6 Å². The number of amides is 2. The lowest BCUT2D eigenvalue weighted by Gasteiger charge is -2.35. The molecule has 5 heteroatoms. The molecule has 2 amide bonds. The molecule has 0 radical (unpaired) electrons. The van der Waals surface area contributed by atoms with E-state index in [4.69, 9.17) is 4.74 Å². The second-order valence-corrected chi connectivity index (χ2v) is 6.76. The molecule has 0 spiro atoms. The molecule has 5 nitrogen and oxygen atoms in total. The van der Waals surface area contributed by atoms with Crippen LogP contribution in [-0.4, -0.2) is 42.0 Å². The van der Waals surface area contributed by atoms with Crippen LogP contribution >= 0.6 is 0 Å². The second-order valence-electron chi connectivity index (χ2n) is 6.76. The predicted molar refractivity (Wildman–Crippen MR) is 101 cm³/mol. The molecule has 0 aromatic heterocycles. The van der Waals surface area contributed by atoms with Gasteiger partial charge in [-0.2, -0.15) is 0 Å². The van der Waals surface area contributed by atoms with E-state index in [0.717, 1.165) is 5.56 Å². The van der Waals surface area contributed by atoms with E-state index >= 15 is 0 Å². The summed E-state index contributed by atoms with van der Waals surface area (Å²) in [6, 6.07) is 16.6. The molecule has 136 valence electrons. The largest absolute Gasteiger partial charge is 0.372 e. The fraction of sp³-hybridized carbons (Fsp3) is 0.333. The first-order valence-corrected chi connectivity index (χ1v) is 8.90. The quantitative estimate of drug-likeness (QED) is 0.920. The summed E-state index contributed by atoms with van der Waals surface area (Å²) in [4.78, 5) is 26.6. The number of hydrogen-bond donors (Lipinski definition) is 1. The van der Waals surface area contributed by atoms with E-state index in [1.54, 1.807) is 24.3 Å². The molecule has 26 heavy (non-hydrogen) atoms. The standard InChI is InChI=1S/C21H24N2O3/c1-15-13-23(14-16(2)26-15)21(25)18-8-10-19(11-9-18)22-20(24)12-17-6-4-3-5-7-17/h3-11,15-16H,12-14H2,1-2H3,(H,22,24). The summed E-state index contributed by atoms with van der Waals surface area (Å²) in [6.07, 6.45) is 0.406. The highest BCUT2D eigenvalue weighted by Gasteiger charge is 2.26. The SMILES string of the molecule is CC1CN(C(=O)c2ccc(NC(=O)Cc3ccccc3)cc2)CC(C)O1. The van der Waals surface area contributed by atoms with Gasteiger partial charge in [-0.1, -0.05) is 30.3 Å². The van der Waals surface area contributed by atoms with E-state index in [1.807, 2.05) is 49.1 Å². The second kappa shape index (κ2) is 8.15. The Balaban J connectivity index is 1.59. The number of ether oxygens (including phenoxy) is 1. The molecule has 0 aliphatic carbocycles. The van der Waals surface area contributed by atoms with Crippen molar-refractivity contribution in [3.63, 3.8) is 0 Å². The van der Waals surface area contributed by atoms with Crippen LogP contribution in [0.3, 0.4) is 0 Å². The molecular formula is C21H24N2O3. The van der Waals surface area contributed by atoms with E-state index in [0.29, 0.717) is 30.8 Å². The summed E-state index contributed by atoms with van der Waals surface area (Å²) in [5.74, 6) is -0.0831. The van der Waals surface area contributed by atoms with Crippen LogP contribution in [0.15, 0.2) is 54.6 Å². The number of morpholine rings is 1. The van der Waals surface area contributed by atoms with Gasteiger partial charge < -0.3 is 15.0 Å². The van der Waals surface area contributed by atoms with Crippen molar-refractivity contribution in [1.82, 2.24) is 4.90 Å². The van der Waals surface area contributed by atoms with Crippen LogP contribution in [0.25, 0.3) is 0 Å². The average molecular weight is 352 g/mol. The smallest absolute Gasteiger partial charge is 0.254 e. The van der Waals surface area contributed by atoms with Gasteiger partial charge in [0.05, 0.1) is 18.6 Å². The van der Waals surface area contributed by atoms with Crippen LogP contribution in [0.4, 0.5) is 5.69 Å². The van der Waals surface area contributed by atoms with Gasteiger partial charge in [0.15, 0.2) is 0 Å². The van der Waals surface area contributed by atoms with Gasteiger partial charge in [-0.05, 0) is 43.7 Å². The lowest BCUT2D eigenvalue weighted by molar-refractivity contribution is -0.115. The number of nitrogens with one attached hydrogen (secondary N) is 1. The van der Waals surface area contributed by atoms with E-state index in [-0.39, 0.29) is 24.0 Å². The third-order valence-corrected chi connectivity index (χ3v) is 4.33. The van der Waals surface area contributed by atoms with E-state index in [9.17, 15) is 9.59 Å². The molecule has 1 saturated heterocycles. The highest BCUT2D eigenvalue weighted by atomic mass is 16.5. The van der Waals surface area contributed by atoms with Crippen molar-refractivity contribution < 1.29 is 14.3 Å². The van der Waals surface area contributed by atoms with Gasteiger partial charge in [-0.15, -0.1) is 0 Å². The molecular weight excluding hydrogens is 328 g/mol. The molecule has 3 rings (SSSR count). The van der Waals surface area contributed by atoms with Crippen molar-refractivity contribution in [3.8, 4) is 0 Å². The molecule has 1 N–H and O–H groups in total. The Hall–Kier alpha value is -2.66. The molecule has 2 aromatic carbocycles. The van der Waals surface area contributed by atoms with Gasteiger partial charge in [-0.25, -0.2) is 0 Å². The zero-order valence-electron chi connectivity index (χ0n) is 15.1. The highest BCUT2D eigenvalue weighted by Crippen LogP contribution is 2.16. The minimum Gasteiger partial charge on any atom is -0.372 e. The predicted octanol–water partition coefficient (Wildman–Crippen LogP) is 3.12. The van der Waals surface area contributed by atoms with Crippen molar-refractivity contribution in [2.24, 2.45) is 0 Å². The van der Waals surface area contributed by atoms with Gasteiger partial charge in [0.1, 0.15) is 0 Å². The maximum absolute atomic E-state index is 12.6. The molecule has 1 heterocycles. The Morgan fingerprint density at radius 2 is 1.62 bits per heavy atom. The fourth-order valence-electron chi connectivity index (χ4n) is 3.21. The van der Waals surface area contributed by atoms with Crippen molar-refractivity contribution in [2.75, 3.05) is 18.4 Å². The molecule has 1 fully saturated rings. The highest BCUT2D eigenvalue weighted by molar-refractivity contribution is 5.96. The first-order chi connectivity index (χ1) is 12.5. The van der Waals surface area contributed by atoms with Crippen LogP contribution < -0.4 is 5.32 Å². The number of anilines is 1. The zero-order chi connectivity index (χ0) is 18.5. The lowest BCUT2D eigenvalue weighted by atomic mass is 10.1. The third kappa shape index (κ3) is 4.70. The summed E-state index contributed by atoms with van der Waals surface area (Å²) < 4.78 is 5.67. The lowest BCUT2D eigenvalue weighted by Crippen LogP contribution is -2.48. The number of carbonyl (C=O) groups is 2. The first-order valence-electron chi connectivity index (χ1n) is 8.90. The van der Waals surface area contributed by atoms with Crippen LogP contribution in [-0.2, 0) is 16.0 Å². The van der Waals surface area contributed by atoms with Gasteiger partial charge >= 0.3 is 0 Å². The normalized spacial score (nSPS) is 19.8. The Labute approximate surface area is 154 Å². The van der Waals surface area contributed by atoms with E-state index in [2.05, 4.69) is 5.32 Å². The average Bonchev–Trinajstić information content (AvgIpc) is 2.61. The Morgan fingerprint density at radius 1 is 1.00 bits per heavy atom. The molecule has 1 aliphatic heterocycles. The molecule has 2 unspecified atom stereocenters. The summed E-state index contributed by atoms with van der Waals surface area (Å²) >= 11 is 0. The summed E-state index contributed by atoms with van der Waals surface area (Å²) in [6.45, 7) is 5.14. The molecule has 1 aliphatic rings. The Kier molecular flexibility index (Phi) is 5.68. The van der Waals surface area contributed by atoms with Gasteiger partial charge in [0.25, 0.3) is 5.91 Å². The number of carbonyl (C=O) groups excluding carboxylic acids is 2. The van der Waals surface area contributed by atoms with Crippen molar-refractivity contribution in [3.05, 3.63) is 65.7 Å². The van der Waals surface area contributed by atoms with E-state index in [1.165, 1.54) is 0 Å². The van der Waals surface area contributed by atoms with Crippen LogP contribution in [0.2, 0.25) is 0 Å². The number of rotatable bonds is 4. The van der Waals surface area contributed by atoms with Crippen LogP contribution in [0.5, 0.6) is 0 Å². The summed E-state index contributed by atoms with van der Waals surface area (Å²) in [5.41, 5.74) is 2.27. The fourth-order valence-corrected chi connectivity index (χ4v) is 3.21. The number of benzene rings is 2. The van der Waals surface area contributed by atoms with Crippen LogP contribution in [0, 0.1) is 0 Å². The van der Waals surface area contributed by atoms with Crippen molar-refractivity contribution >= 4 is 17.5 Å². The summed E-state index contributed by atoms with van der Waals surface area (Å²) in [7, 11) is 0. The van der Waals surface area contributed by atoms with Crippen molar-refractivity contribution in [1.29, 1.82) is 0 Å². The Bertz CT molecular complexity index is 749. The number of hydrogen-bond acceptors (Lipinski definition) is 3. The molecule has 2 atom stereocenters. The first kappa shape index (κ1) is 18.1.